The first-order chi connectivity index (χ1) is 11.5. The van der Waals surface area contributed by atoms with E-state index in [0.29, 0.717) is 19.0 Å². The molecule has 3 rings (SSSR count). The topological polar surface area (TPSA) is 77.8 Å². The van der Waals surface area contributed by atoms with Crippen LogP contribution in [0.2, 0.25) is 0 Å². The minimum absolute atomic E-state index is 0.309. The Labute approximate surface area is 141 Å². The summed E-state index contributed by atoms with van der Waals surface area (Å²) in [6.07, 6.45) is 2.96. The highest BCUT2D eigenvalue weighted by molar-refractivity contribution is 7.90. The van der Waals surface area contributed by atoms with Crippen molar-refractivity contribution in [2.24, 2.45) is 0 Å². The third kappa shape index (κ3) is 3.80. The minimum atomic E-state index is -3.36. The van der Waals surface area contributed by atoms with Gasteiger partial charge in [-0.2, -0.15) is 0 Å². The number of rotatable bonds is 6. The van der Waals surface area contributed by atoms with Gasteiger partial charge >= 0.3 is 0 Å². The lowest BCUT2D eigenvalue weighted by atomic mass is 10.1. The largest absolute Gasteiger partial charge is 0.486 e. The number of sulfonamides is 1. The van der Waals surface area contributed by atoms with Crippen molar-refractivity contribution in [2.45, 2.75) is 31.2 Å². The molecule has 1 saturated heterocycles. The van der Waals surface area contributed by atoms with Crippen molar-refractivity contribution in [3.8, 4) is 16.9 Å². The monoisotopic (exact) mass is 351 g/mol. The van der Waals surface area contributed by atoms with Gasteiger partial charge in [-0.3, -0.25) is 0 Å². The molecule has 1 unspecified atom stereocenters. The second-order valence-corrected chi connectivity index (χ2v) is 8.32. The first-order valence-electron chi connectivity index (χ1n) is 7.84. The van der Waals surface area contributed by atoms with E-state index < -0.39 is 15.3 Å². The zero-order valence-corrected chi connectivity index (χ0v) is 14.5. The van der Waals surface area contributed by atoms with Gasteiger partial charge in [0.05, 0.1) is 37.0 Å². The molecule has 0 radical (unpaired) electrons. The van der Waals surface area contributed by atoms with Gasteiger partial charge in [0, 0.05) is 5.56 Å². The Morgan fingerprint density at radius 3 is 2.50 bits per heavy atom. The van der Waals surface area contributed by atoms with Gasteiger partial charge in [-0.05, 0) is 37.6 Å². The van der Waals surface area contributed by atoms with Crippen molar-refractivity contribution in [3.63, 3.8) is 0 Å². The van der Waals surface area contributed by atoms with E-state index in [-0.39, 0.29) is 12.1 Å². The van der Waals surface area contributed by atoms with Crippen molar-refractivity contribution in [1.82, 2.24) is 4.72 Å². The van der Waals surface area contributed by atoms with Gasteiger partial charge in [-0.1, -0.05) is 12.1 Å². The molecule has 24 heavy (non-hydrogen) atoms. The van der Waals surface area contributed by atoms with Crippen LogP contribution >= 0.6 is 0 Å². The highest BCUT2D eigenvalue weighted by Crippen LogP contribution is 2.24. The average Bonchev–Trinajstić information content (AvgIpc) is 3.20. The molecule has 1 fully saturated rings. The number of furan rings is 1. The average molecular weight is 351 g/mol. The maximum atomic E-state index is 12.0. The van der Waals surface area contributed by atoms with E-state index in [1.807, 2.05) is 30.3 Å². The van der Waals surface area contributed by atoms with E-state index in [9.17, 15) is 8.42 Å². The Morgan fingerprint density at radius 2 is 1.88 bits per heavy atom. The van der Waals surface area contributed by atoms with Gasteiger partial charge in [0.25, 0.3) is 0 Å². The molecule has 7 heteroatoms. The summed E-state index contributed by atoms with van der Waals surface area (Å²) in [7, 11) is -3.36. The zero-order chi connectivity index (χ0) is 17.2. The van der Waals surface area contributed by atoms with E-state index in [1.54, 1.807) is 26.4 Å². The summed E-state index contributed by atoms with van der Waals surface area (Å²) in [5, 5.41) is -0.493. The fourth-order valence-corrected chi connectivity index (χ4v) is 3.35. The summed E-state index contributed by atoms with van der Waals surface area (Å²) in [4.78, 5) is 0. The Balaban J connectivity index is 1.66. The van der Waals surface area contributed by atoms with E-state index in [1.165, 1.54) is 0 Å². The molecule has 1 aliphatic heterocycles. The van der Waals surface area contributed by atoms with Crippen LogP contribution in [0, 0.1) is 0 Å². The fourth-order valence-electron chi connectivity index (χ4n) is 2.44. The van der Waals surface area contributed by atoms with Crippen LogP contribution in [0.25, 0.3) is 11.1 Å². The Kier molecular flexibility index (Phi) is 4.93. The molecule has 1 aromatic carbocycles. The van der Waals surface area contributed by atoms with Gasteiger partial charge in [0.15, 0.2) is 0 Å². The molecule has 0 spiro atoms. The van der Waals surface area contributed by atoms with Crippen molar-refractivity contribution >= 4 is 10.0 Å². The Bertz CT molecular complexity index is 753. The van der Waals surface area contributed by atoms with Gasteiger partial charge in [-0.25, -0.2) is 13.1 Å². The molecule has 0 bridgehead atoms. The van der Waals surface area contributed by atoms with E-state index in [4.69, 9.17) is 13.9 Å². The molecule has 0 aliphatic carbocycles. The maximum absolute atomic E-state index is 12.0. The van der Waals surface area contributed by atoms with Crippen LogP contribution in [0.15, 0.2) is 47.3 Å². The normalized spacial score (nSPS) is 21.3. The molecular formula is C17H21NO5S. The molecular weight excluding hydrogens is 330 g/mol. The first kappa shape index (κ1) is 17.0. The number of hydrogen-bond donors (Lipinski definition) is 1. The summed E-state index contributed by atoms with van der Waals surface area (Å²) in [5.74, 6) is 0.673. The van der Waals surface area contributed by atoms with Crippen molar-refractivity contribution in [1.29, 1.82) is 0 Å². The highest BCUT2D eigenvalue weighted by Gasteiger charge is 2.34. The third-order valence-corrected chi connectivity index (χ3v) is 5.83. The number of ether oxygens (including phenoxy) is 2. The van der Waals surface area contributed by atoms with Gasteiger partial charge in [0.2, 0.25) is 10.0 Å². The summed E-state index contributed by atoms with van der Waals surface area (Å²) in [6.45, 7) is 3.95. The predicted molar refractivity (Wildman–Crippen MR) is 90.4 cm³/mol. The van der Waals surface area contributed by atoms with Crippen molar-refractivity contribution in [3.05, 3.63) is 42.9 Å². The first-order valence-corrected chi connectivity index (χ1v) is 9.38. The lowest BCUT2D eigenvalue weighted by molar-refractivity contribution is 0.140. The second-order valence-electron chi connectivity index (χ2n) is 6.05. The molecule has 1 N–H and O–H groups in total. The van der Waals surface area contributed by atoms with Crippen LogP contribution in [0.4, 0.5) is 0 Å². The molecule has 2 atom stereocenters. The molecule has 1 aromatic heterocycles. The molecule has 6 nitrogen and oxygen atoms in total. The van der Waals surface area contributed by atoms with Crippen molar-refractivity contribution in [2.75, 3.05) is 13.2 Å². The smallest absolute Gasteiger partial charge is 0.214 e. The summed E-state index contributed by atoms with van der Waals surface area (Å²) >= 11 is 0. The standard InChI is InChI=1S/C17H21NO5S/c1-12(2)24(19,20)18-16-10-22-11-17(16)23-15-5-3-13(4-6-15)14-7-8-21-9-14/h3-9,12,16-18H,10-11H2,1-2H3/t16-,17?/m1/s1. The van der Waals surface area contributed by atoms with Gasteiger partial charge < -0.3 is 13.9 Å². The lowest BCUT2D eigenvalue weighted by Gasteiger charge is -2.21. The van der Waals surface area contributed by atoms with E-state index in [0.717, 1.165) is 11.1 Å². The van der Waals surface area contributed by atoms with Crippen LogP contribution in [-0.4, -0.2) is 39.0 Å². The van der Waals surface area contributed by atoms with Crippen LogP contribution in [0.3, 0.4) is 0 Å². The summed E-state index contributed by atoms with van der Waals surface area (Å²) < 4.78 is 43.1. The van der Waals surface area contributed by atoms with E-state index in [2.05, 4.69) is 4.72 Å². The SMILES string of the molecule is CC(C)S(=O)(=O)N[C@@H]1COCC1Oc1ccc(-c2ccoc2)cc1. The predicted octanol–water partition coefficient (Wildman–Crippen LogP) is 2.42. The Morgan fingerprint density at radius 1 is 1.12 bits per heavy atom. The quantitative estimate of drug-likeness (QED) is 0.865. The number of hydrogen-bond acceptors (Lipinski definition) is 5. The molecule has 0 amide bonds. The highest BCUT2D eigenvalue weighted by atomic mass is 32.2. The zero-order valence-electron chi connectivity index (χ0n) is 13.6. The van der Waals surface area contributed by atoms with Gasteiger partial charge in [-0.15, -0.1) is 0 Å². The number of benzene rings is 1. The molecule has 1 aliphatic rings. The molecule has 130 valence electrons. The lowest BCUT2D eigenvalue weighted by Crippen LogP contribution is -2.47. The fraction of sp³-hybridized carbons (Fsp3) is 0.412. The van der Waals surface area contributed by atoms with Crippen LogP contribution in [-0.2, 0) is 14.8 Å². The molecule has 2 heterocycles. The number of nitrogens with one attached hydrogen (secondary N) is 1. The third-order valence-electron chi connectivity index (χ3n) is 3.96. The second kappa shape index (κ2) is 6.96. The van der Waals surface area contributed by atoms with Crippen molar-refractivity contribution < 1.29 is 22.3 Å². The minimum Gasteiger partial charge on any atom is -0.486 e. The molecule has 2 aromatic rings. The summed E-state index contributed by atoms with van der Waals surface area (Å²) in [5.41, 5.74) is 2.02. The molecule has 0 saturated carbocycles. The van der Waals surface area contributed by atoms with E-state index >= 15 is 0 Å². The Hall–Kier alpha value is -1.83. The van der Waals surface area contributed by atoms with Crippen LogP contribution in [0.5, 0.6) is 5.75 Å². The van der Waals surface area contributed by atoms with Gasteiger partial charge in [0.1, 0.15) is 11.9 Å². The maximum Gasteiger partial charge on any atom is 0.214 e. The summed E-state index contributed by atoms with van der Waals surface area (Å²) in [6, 6.07) is 9.08. The van der Waals surface area contributed by atoms with Crippen LogP contribution < -0.4 is 9.46 Å². The van der Waals surface area contributed by atoms with Crippen LogP contribution in [0.1, 0.15) is 13.8 Å².